The summed E-state index contributed by atoms with van der Waals surface area (Å²) in [7, 11) is 0. The molecule has 0 saturated heterocycles. The minimum absolute atomic E-state index is 0.245. The van der Waals surface area contributed by atoms with Crippen LogP contribution in [-0.4, -0.2) is 32.7 Å². The van der Waals surface area contributed by atoms with Crippen LogP contribution in [0.1, 0.15) is 17.5 Å². The summed E-state index contributed by atoms with van der Waals surface area (Å²) in [5, 5.41) is 21.3. The van der Waals surface area contributed by atoms with Gasteiger partial charge in [0.25, 0.3) is 11.8 Å². The predicted octanol–water partition coefficient (Wildman–Crippen LogP) is 4.11. The standard InChI is InChI=1S/C27H23FN4O3/c28-20-10-6-18(7-11-20)16-32-23-14-21(12-9-19(23)15-29-32)30-26(34)24-25(33)22(31-27(24)35)13-8-17-4-2-1-3-5-17/h1-7,9-12,14-15,22,33H,8,13,16H2,(H,30,34)(H,31,35). The van der Waals surface area contributed by atoms with Gasteiger partial charge in [0.2, 0.25) is 0 Å². The lowest BCUT2D eigenvalue weighted by Gasteiger charge is -2.10. The number of carbonyl (C=O) groups excluding carboxylic acids is 2. The summed E-state index contributed by atoms with van der Waals surface area (Å²) in [6.45, 7) is 0.429. The summed E-state index contributed by atoms with van der Waals surface area (Å²) < 4.78 is 15.0. The van der Waals surface area contributed by atoms with Crippen molar-refractivity contribution >= 4 is 28.4 Å². The Morgan fingerprint density at radius 2 is 1.83 bits per heavy atom. The van der Waals surface area contributed by atoms with Crippen molar-refractivity contribution in [3.05, 3.63) is 107 Å². The molecule has 0 bridgehead atoms. The summed E-state index contributed by atoms with van der Waals surface area (Å²) in [5.74, 6) is -1.82. The number of hydrogen-bond donors (Lipinski definition) is 3. The van der Waals surface area contributed by atoms with Gasteiger partial charge in [0.05, 0.1) is 24.3 Å². The minimum atomic E-state index is -0.675. The maximum atomic E-state index is 13.2. The molecule has 5 rings (SSSR count). The van der Waals surface area contributed by atoms with Crippen LogP contribution < -0.4 is 10.6 Å². The van der Waals surface area contributed by atoms with Crippen molar-refractivity contribution < 1.29 is 19.1 Å². The molecule has 1 unspecified atom stereocenters. The molecule has 1 aliphatic heterocycles. The molecule has 1 aliphatic rings. The zero-order chi connectivity index (χ0) is 24.4. The highest BCUT2D eigenvalue weighted by Gasteiger charge is 2.35. The highest BCUT2D eigenvalue weighted by Crippen LogP contribution is 2.24. The molecule has 0 fully saturated rings. The van der Waals surface area contributed by atoms with E-state index in [0.717, 1.165) is 22.0 Å². The Morgan fingerprint density at radius 3 is 2.60 bits per heavy atom. The molecule has 1 atom stereocenters. The number of nitrogens with zero attached hydrogens (tertiary/aromatic N) is 2. The van der Waals surface area contributed by atoms with E-state index < -0.39 is 17.9 Å². The van der Waals surface area contributed by atoms with Crippen molar-refractivity contribution in [2.75, 3.05) is 5.32 Å². The van der Waals surface area contributed by atoms with Crippen LogP contribution in [0.2, 0.25) is 0 Å². The zero-order valence-electron chi connectivity index (χ0n) is 18.7. The largest absolute Gasteiger partial charge is 0.509 e. The van der Waals surface area contributed by atoms with Gasteiger partial charge in [-0.3, -0.25) is 14.3 Å². The molecule has 35 heavy (non-hydrogen) atoms. The normalized spacial score (nSPS) is 15.5. The van der Waals surface area contributed by atoms with Crippen LogP contribution >= 0.6 is 0 Å². The Balaban J connectivity index is 1.31. The molecule has 3 N–H and O–H groups in total. The predicted molar refractivity (Wildman–Crippen MR) is 130 cm³/mol. The lowest BCUT2D eigenvalue weighted by atomic mass is 10.0. The van der Waals surface area contributed by atoms with E-state index in [1.54, 1.807) is 35.1 Å². The fourth-order valence-corrected chi connectivity index (χ4v) is 4.20. The Bertz CT molecular complexity index is 1430. The SMILES string of the molecule is O=C(Nc1ccc2cnn(Cc3ccc(F)cc3)c2c1)C1=C(O)C(CCc2ccccc2)NC1=O. The second-order valence-corrected chi connectivity index (χ2v) is 8.47. The molecule has 1 aromatic heterocycles. The first kappa shape index (κ1) is 22.3. The molecule has 176 valence electrons. The number of aliphatic hydroxyl groups excluding tert-OH is 1. The maximum Gasteiger partial charge on any atom is 0.264 e. The van der Waals surface area contributed by atoms with Crippen molar-refractivity contribution in [2.24, 2.45) is 0 Å². The number of hydrogen-bond acceptors (Lipinski definition) is 4. The van der Waals surface area contributed by atoms with Crippen molar-refractivity contribution in [3.63, 3.8) is 0 Å². The van der Waals surface area contributed by atoms with E-state index in [2.05, 4.69) is 15.7 Å². The number of fused-ring (bicyclic) bond motifs is 1. The van der Waals surface area contributed by atoms with E-state index in [1.165, 1.54) is 12.1 Å². The highest BCUT2D eigenvalue weighted by atomic mass is 19.1. The Labute approximate surface area is 200 Å². The molecule has 0 aliphatic carbocycles. The molecule has 3 aromatic carbocycles. The van der Waals surface area contributed by atoms with Gasteiger partial charge in [-0.15, -0.1) is 0 Å². The Morgan fingerprint density at radius 1 is 1.06 bits per heavy atom. The molecule has 2 heterocycles. The number of anilines is 1. The van der Waals surface area contributed by atoms with Crippen LogP contribution in [0.15, 0.2) is 90.3 Å². The van der Waals surface area contributed by atoms with E-state index in [9.17, 15) is 19.1 Å². The van der Waals surface area contributed by atoms with Gasteiger partial charge < -0.3 is 15.7 Å². The number of benzene rings is 3. The number of aryl methyl sites for hydroxylation is 1. The maximum absolute atomic E-state index is 13.2. The first-order valence-corrected chi connectivity index (χ1v) is 11.3. The summed E-state index contributed by atoms with van der Waals surface area (Å²) in [6.07, 6.45) is 2.84. The van der Waals surface area contributed by atoms with Crippen molar-refractivity contribution in [3.8, 4) is 0 Å². The van der Waals surface area contributed by atoms with Crippen LogP contribution in [0, 0.1) is 5.82 Å². The third kappa shape index (κ3) is 4.77. The third-order valence-electron chi connectivity index (χ3n) is 6.06. The van der Waals surface area contributed by atoms with Crippen LogP contribution in [0.3, 0.4) is 0 Å². The lowest BCUT2D eigenvalue weighted by Crippen LogP contribution is -2.30. The molecule has 0 spiro atoms. The van der Waals surface area contributed by atoms with Gasteiger partial charge in [-0.2, -0.15) is 5.10 Å². The highest BCUT2D eigenvalue weighted by molar-refractivity contribution is 6.24. The van der Waals surface area contributed by atoms with Gasteiger partial charge in [0.1, 0.15) is 17.1 Å². The molecule has 7 nitrogen and oxygen atoms in total. The van der Waals surface area contributed by atoms with E-state index in [0.29, 0.717) is 25.1 Å². The third-order valence-corrected chi connectivity index (χ3v) is 6.06. The van der Waals surface area contributed by atoms with Gasteiger partial charge in [-0.05, 0) is 54.3 Å². The fourth-order valence-electron chi connectivity index (χ4n) is 4.20. The number of nitrogens with one attached hydrogen (secondary N) is 2. The Kier molecular flexibility index (Phi) is 6.01. The number of halogens is 1. The van der Waals surface area contributed by atoms with E-state index in [4.69, 9.17) is 0 Å². The molecule has 0 saturated carbocycles. The lowest BCUT2D eigenvalue weighted by molar-refractivity contribution is -0.120. The minimum Gasteiger partial charge on any atom is -0.509 e. The Hall–Kier alpha value is -4.46. The average Bonchev–Trinajstić information content (AvgIpc) is 3.38. The van der Waals surface area contributed by atoms with E-state index >= 15 is 0 Å². The second-order valence-electron chi connectivity index (χ2n) is 8.47. The van der Waals surface area contributed by atoms with Crippen molar-refractivity contribution in [1.29, 1.82) is 0 Å². The smallest absolute Gasteiger partial charge is 0.264 e. The fraction of sp³-hybridized carbons (Fsp3) is 0.148. The number of aliphatic hydroxyl groups is 1. The summed E-state index contributed by atoms with van der Waals surface area (Å²) in [6, 6.07) is 20.6. The summed E-state index contributed by atoms with van der Waals surface area (Å²) in [5.41, 5.74) is 2.91. The first-order chi connectivity index (χ1) is 17.0. The van der Waals surface area contributed by atoms with Crippen molar-refractivity contribution in [2.45, 2.75) is 25.4 Å². The van der Waals surface area contributed by atoms with E-state index in [1.807, 2.05) is 36.4 Å². The molecular formula is C27H23FN4O3. The van der Waals surface area contributed by atoms with Gasteiger partial charge in [0, 0.05) is 11.1 Å². The van der Waals surface area contributed by atoms with Gasteiger partial charge in [-0.25, -0.2) is 4.39 Å². The van der Waals surface area contributed by atoms with Crippen molar-refractivity contribution in [1.82, 2.24) is 15.1 Å². The zero-order valence-corrected chi connectivity index (χ0v) is 18.7. The number of aromatic nitrogens is 2. The average molecular weight is 471 g/mol. The van der Waals surface area contributed by atoms with Gasteiger partial charge in [0.15, 0.2) is 0 Å². The quantitative estimate of drug-likeness (QED) is 0.354. The number of amides is 2. The van der Waals surface area contributed by atoms with Crippen LogP contribution in [0.4, 0.5) is 10.1 Å². The first-order valence-electron chi connectivity index (χ1n) is 11.3. The number of carbonyl (C=O) groups is 2. The summed E-state index contributed by atoms with van der Waals surface area (Å²) >= 11 is 0. The monoisotopic (exact) mass is 470 g/mol. The molecule has 8 heteroatoms. The summed E-state index contributed by atoms with van der Waals surface area (Å²) in [4.78, 5) is 25.3. The van der Waals surface area contributed by atoms with Crippen LogP contribution in [0.25, 0.3) is 10.9 Å². The molecule has 2 amide bonds. The molecular weight excluding hydrogens is 447 g/mol. The van der Waals surface area contributed by atoms with E-state index in [-0.39, 0.29) is 17.1 Å². The van der Waals surface area contributed by atoms with Crippen LogP contribution in [0.5, 0.6) is 0 Å². The van der Waals surface area contributed by atoms with Crippen LogP contribution in [-0.2, 0) is 22.6 Å². The molecule has 4 aromatic rings. The van der Waals surface area contributed by atoms with Gasteiger partial charge >= 0.3 is 0 Å². The topological polar surface area (TPSA) is 96.2 Å². The van der Waals surface area contributed by atoms with Gasteiger partial charge in [-0.1, -0.05) is 42.5 Å². The molecule has 0 radical (unpaired) electrons. The number of rotatable bonds is 7. The second kappa shape index (κ2) is 9.42.